The number of imidazole rings is 1. The maximum Gasteiger partial charge on any atom is 0.336 e. The van der Waals surface area contributed by atoms with Gasteiger partial charge in [0.25, 0.3) is 0 Å². The minimum atomic E-state index is -0.829. The van der Waals surface area contributed by atoms with E-state index in [9.17, 15) is 9.59 Å². The van der Waals surface area contributed by atoms with Gasteiger partial charge < -0.3 is 19.8 Å². The number of ether oxygens (including phenoxy) is 2. The van der Waals surface area contributed by atoms with Gasteiger partial charge >= 0.3 is 11.9 Å². The number of halogens is 2. The number of hydrogen-bond acceptors (Lipinski definition) is 6. The first-order chi connectivity index (χ1) is 13.8. The van der Waals surface area contributed by atoms with E-state index in [4.69, 9.17) is 32.7 Å². The number of aromatic nitrogens is 2. The van der Waals surface area contributed by atoms with Crippen molar-refractivity contribution in [3.05, 3.63) is 38.7 Å². The molecule has 0 saturated heterocycles. The van der Waals surface area contributed by atoms with Crippen molar-refractivity contribution < 1.29 is 19.1 Å². The molecule has 0 atom stereocenters. The largest absolute Gasteiger partial charge is 0.462 e. The van der Waals surface area contributed by atoms with Crippen molar-refractivity contribution in [2.75, 3.05) is 13.2 Å². The van der Waals surface area contributed by atoms with E-state index >= 15 is 0 Å². The number of rotatable bonds is 9. The van der Waals surface area contributed by atoms with Gasteiger partial charge in [0.05, 0.1) is 30.3 Å². The highest BCUT2D eigenvalue weighted by Gasteiger charge is 2.40. The number of H-pyrrole nitrogens is 1. The van der Waals surface area contributed by atoms with Crippen molar-refractivity contribution in [3.63, 3.8) is 0 Å². The summed E-state index contributed by atoms with van der Waals surface area (Å²) in [6, 6.07) is 0. The molecule has 0 saturated carbocycles. The van der Waals surface area contributed by atoms with Crippen LogP contribution in [0, 0.1) is 0 Å². The van der Waals surface area contributed by atoms with E-state index in [2.05, 4.69) is 15.3 Å². The Bertz CT molecular complexity index is 766. The fourth-order valence-corrected chi connectivity index (χ4v) is 3.34. The number of aromatic amines is 1. The predicted octanol–water partition coefficient (Wildman–Crippen LogP) is 4.64. The normalized spacial score (nSPS) is 14.8. The van der Waals surface area contributed by atoms with Crippen LogP contribution in [0.15, 0.2) is 22.5 Å². The van der Waals surface area contributed by atoms with Crippen molar-refractivity contribution in [2.45, 2.75) is 59.3 Å². The Morgan fingerprint density at radius 2 is 1.45 bits per heavy atom. The van der Waals surface area contributed by atoms with Gasteiger partial charge in [-0.25, -0.2) is 14.6 Å². The summed E-state index contributed by atoms with van der Waals surface area (Å²) < 4.78 is 10.8. The first kappa shape index (κ1) is 23.3. The molecule has 0 unspecified atom stereocenters. The van der Waals surface area contributed by atoms with E-state index < -0.39 is 17.9 Å². The number of nitrogens with zero attached hydrogens (tertiary/aromatic N) is 1. The molecule has 7 nitrogen and oxygen atoms in total. The Labute approximate surface area is 180 Å². The summed E-state index contributed by atoms with van der Waals surface area (Å²) in [5.74, 6) is -1.60. The molecule has 0 aliphatic carbocycles. The second kappa shape index (κ2) is 10.7. The van der Waals surface area contributed by atoms with E-state index in [0.717, 1.165) is 25.7 Å². The van der Waals surface area contributed by atoms with Crippen molar-refractivity contribution in [3.8, 4) is 0 Å². The monoisotopic (exact) mass is 443 g/mol. The molecule has 160 valence electrons. The Kier molecular flexibility index (Phi) is 8.59. The van der Waals surface area contributed by atoms with Gasteiger partial charge in [-0.1, -0.05) is 49.9 Å². The van der Waals surface area contributed by atoms with Gasteiger partial charge in [-0.2, -0.15) is 0 Å². The van der Waals surface area contributed by atoms with Gasteiger partial charge in [0.15, 0.2) is 5.15 Å². The number of nitrogens with one attached hydrogen (secondary N) is 2. The summed E-state index contributed by atoms with van der Waals surface area (Å²) in [6.07, 6.45) is 3.28. The lowest BCUT2D eigenvalue weighted by molar-refractivity contribution is -0.140. The number of carbonyl (C=O) groups is 2. The molecule has 9 heteroatoms. The van der Waals surface area contributed by atoms with Gasteiger partial charge in [-0.05, 0) is 26.7 Å². The summed E-state index contributed by atoms with van der Waals surface area (Å²) in [4.78, 5) is 32.9. The van der Waals surface area contributed by atoms with Gasteiger partial charge in [0, 0.05) is 11.4 Å². The molecule has 1 aromatic rings. The van der Waals surface area contributed by atoms with Crippen molar-refractivity contribution >= 4 is 35.1 Å². The third-order valence-corrected chi connectivity index (χ3v) is 5.22. The Balaban J connectivity index is 2.46. The topological polar surface area (TPSA) is 93.3 Å². The molecular formula is C20H27Cl2N3O4. The Morgan fingerprint density at radius 1 is 0.966 bits per heavy atom. The lowest BCUT2D eigenvalue weighted by Crippen LogP contribution is -2.33. The average Bonchev–Trinajstić information content (AvgIpc) is 2.99. The highest BCUT2D eigenvalue weighted by molar-refractivity contribution is 6.40. The summed E-state index contributed by atoms with van der Waals surface area (Å²) >= 11 is 12.1. The maximum absolute atomic E-state index is 12.9. The lowest BCUT2D eigenvalue weighted by atomic mass is 9.85. The first-order valence-electron chi connectivity index (χ1n) is 9.75. The van der Waals surface area contributed by atoms with E-state index in [1.807, 2.05) is 13.8 Å². The van der Waals surface area contributed by atoms with E-state index in [-0.39, 0.29) is 40.5 Å². The maximum atomic E-state index is 12.9. The predicted molar refractivity (Wildman–Crippen MR) is 112 cm³/mol. The summed E-state index contributed by atoms with van der Waals surface area (Å²) in [5.41, 5.74) is 1.69. The average molecular weight is 444 g/mol. The summed E-state index contributed by atoms with van der Waals surface area (Å²) in [7, 11) is 0. The van der Waals surface area contributed by atoms with Crippen LogP contribution >= 0.6 is 23.2 Å². The van der Waals surface area contributed by atoms with Crippen LogP contribution in [0.1, 0.15) is 65.1 Å². The van der Waals surface area contributed by atoms with Gasteiger partial charge in [-0.15, -0.1) is 0 Å². The molecule has 0 bridgehead atoms. The Morgan fingerprint density at radius 3 is 1.83 bits per heavy atom. The second-order valence-corrected chi connectivity index (χ2v) is 7.58. The number of dihydropyridines is 1. The SMILES string of the molecule is CCCCOC(=O)C1=C(C)NC(C)=C(C(=O)OCCCC)C1c1nc(Cl)c(Cl)[nH]1. The smallest absolute Gasteiger partial charge is 0.336 e. The van der Waals surface area contributed by atoms with Crippen LogP contribution in [0.3, 0.4) is 0 Å². The third kappa shape index (κ3) is 5.54. The van der Waals surface area contributed by atoms with E-state index in [1.54, 1.807) is 13.8 Å². The fourth-order valence-electron chi connectivity index (χ4n) is 3.07. The third-order valence-electron chi connectivity index (χ3n) is 4.57. The molecule has 0 amide bonds. The number of esters is 2. The number of carbonyl (C=O) groups excluding carboxylic acids is 2. The van der Waals surface area contributed by atoms with Crippen LogP contribution in [-0.4, -0.2) is 35.1 Å². The molecule has 1 aliphatic rings. The fraction of sp³-hybridized carbons (Fsp3) is 0.550. The van der Waals surface area contributed by atoms with Gasteiger partial charge in [0.2, 0.25) is 0 Å². The molecule has 1 aromatic heterocycles. The van der Waals surface area contributed by atoms with Crippen LogP contribution in [0.4, 0.5) is 0 Å². The summed E-state index contributed by atoms with van der Waals surface area (Å²) in [5, 5.41) is 3.29. The van der Waals surface area contributed by atoms with Crippen LogP contribution in [0.5, 0.6) is 0 Å². The standard InChI is InChI=1S/C20H27Cl2N3O4/c1-5-7-9-28-19(26)13-11(3)23-12(4)14(20(27)29-10-8-6-2)15(13)18-24-16(21)17(22)25-18/h15,23H,5-10H2,1-4H3,(H,24,25). The number of allylic oxidation sites excluding steroid dienone is 2. The zero-order chi connectivity index (χ0) is 21.6. The molecule has 29 heavy (non-hydrogen) atoms. The van der Waals surface area contributed by atoms with Crippen LogP contribution in [0.2, 0.25) is 10.3 Å². The number of unbranched alkanes of at least 4 members (excludes halogenated alkanes) is 2. The first-order valence-corrected chi connectivity index (χ1v) is 10.5. The molecule has 0 aromatic carbocycles. The van der Waals surface area contributed by atoms with Crippen molar-refractivity contribution in [1.82, 2.24) is 15.3 Å². The number of hydrogen-bond donors (Lipinski definition) is 2. The van der Waals surface area contributed by atoms with Crippen molar-refractivity contribution in [2.24, 2.45) is 0 Å². The van der Waals surface area contributed by atoms with Crippen LogP contribution < -0.4 is 5.32 Å². The molecule has 2 heterocycles. The zero-order valence-electron chi connectivity index (χ0n) is 17.2. The molecule has 0 radical (unpaired) electrons. The van der Waals surface area contributed by atoms with E-state index in [0.29, 0.717) is 11.4 Å². The highest BCUT2D eigenvalue weighted by Crippen LogP contribution is 2.39. The molecule has 2 rings (SSSR count). The quantitative estimate of drug-likeness (QED) is 0.426. The van der Waals surface area contributed by atoms with E-state index in [1.165, 1.54) is 0 Å². The molecule has 2 N–H and O–H groups in total. The molecule has 1 aliphatic heterocycles. The summed E-state index contributed by atoms with van der Waals surface area (Å²) in [6.45, 7) is 8.09. The molecule has 0 spiro atoms. The minimum Gasteiger partial charge on any atom is -0.462 e. The molecule has 0 fully saturated rings. The van der Waals surface area contributed by atoms with Crippen molar-refractivity contribution in [1.29, 1.82) is 0 Å². The van der Waals surface area contributed by atoms with Gasteiger partial charge in [-0.3, -0.25) is 0 Å². The zero-order valence-corrected chi connectivity index (χ0v) is 18.7. The van der Waals surface area contributed by atoms with Crippen LogP contribution in [0.25, 0.3) is 0 Å². The van der Waals surface area contributed by atoms with Crippen LogP contribution in [-0.2, 0) is 19.1 Å². The second-order valence-electron chi connectivity index (χ2n) is 6.84. The minimum absolute atomic E-state index is 0.0629. The lowest BCUT2D eigenvalue weighted by Gasteiger charge is -2.29. The Hall–Kier alpha value is -1.99. The highest BCUT2D eigenvalue weighted by atomic mass is 35.5. The van der Waals surface area contributed by atoms with Gasteiger partial charge in [0.1, 0.15) is 11.0 Å². The molecular weight excluding hydrogens is 417 g/mol.